The molecule has 0 radical (unpaired) electrons. The monoisotopic (exact) mass is 339 g/mol. The van der Waals surface area contributed by atoms with Crippen LogP contribution in [-0.2, 0) is 16.8 Å². The number of Topliss-reactive ketones (excluding diaryl/α,β-unsaturated/α-hetero) is 1. The van der Waals surface area contributed by atoms with Crippen molar-refractivity contribution in [1.82, 2.24) is 5.32 Å². The van der Waals surface area contributed by atoms with Gasteiger partial charge in [0.05, 0.1) is 5.56 Å². The third-order valence-corrected chi connectivity index (χ3v) is 3.85. The summed E-state index contributed by atoms with van der Waals surface area (Å²) in [7, 11) is 0. The first-order chi connectivity index (χ1) is 11.7. The Labute approximate surface area is 146 Å². The number of hydrogen-bond donors (Lipinski definition) is 2. The molecule has 0 aliphatic heterocycles. The molecule has 0 saturated heterocycles. The lowest BCUT2D eigenvalue weighted by atomic mass is 9.86. The maximum Gasteiger partial charge on any atom is 0.335 e. The Bertz CT molecular complexity index is 801. The van der Waals surface area contributed by atoms with Crippen LogP contribution in [0.15, 0.2) is 48.5 Å². The van der Waals surface area contributed by atoms with Crippen LogP contribution >= 0.6 is 0 Å². The SMILES string of the molecule is CC(C)(C)c1ccc(C(=O)C(=O)NCc2cccc(C(=O)O)c2)cc1. The van der Waals surface area contributed by atoms with Crippen molar-refractivity contribution in [2.24, 2.45) is 0 Å². The molecule has 0 bridgehead atoms. The average Bonchev–Trinajstić information content (AvgIpc) is 2.58. The van der Waals surface area contributed by atoms with Crippen LogP contribution in [0.1, 0.15) is 52.6 Å². The summed E-state index contributed by atoms with van der Waals surface area (Å²) in [6.07, 6.45) is 0. The Hall–Kier alpha value is -2.95. The maximum atomic E-state index is 12.2. The number of carbonyl (C=O) groups is 3. The van der Waals surface area contributed by atoms with E-state index in [0.29, 0.717) is 11.1 Å². The van der Waals surface area contributed by atoms with E-state index in [-0.39, 0.29) is 17.5 Å². The van der Waals surface area contributed by atoms with Crippen molar-refractivity contribution >= 4 is 17.7 Å². The van der Waals surface area contributed by atoms with Gasteiger partial charge < -0.3 is 10.4 Å². The lowest BCUT2D eigenvalue weighted by Crippen LogP contribution is -2.30. The molecular weight excluding hydrogens is 318 g/mol. The van der Waals surface area contributed by atoms with Gasteiger partial charge in [-0.15, -0.1) is 0 Å². The van der Waals surface area contributed by atoms with Crippen LogP contribution in [0, 0.1) is 0 Å². The quantitative estimate of drug-likeness (QED) is 0.647. The van der Waals surface area contributed by atoms with Gasteiger partial charge in [-0.2, -0.15) is 0 Å². The molecule has 2 N–H and O–H groups in total. The first kappa shape index (κ1) is 18.4. The molecule has 0 spiro atoms. The molecule has 0 unspecified atom stereocenters. The number of rotatable bonds is 5. The van der Waals surface area contributed by atoms with E-state index in [9.17, 15) is 14.4 Å². The van der Waals surface area contributed by atoms with E-state index in [1.54, 1.807) is 24.3 Å². The van der Waals surface area contributed by atoms with Gasteiger partial charge in [0.15, 0.2) is 0 Å². The third-order valence-electron chi connectivity index (χ3n) is 3.85. The first-order valence-electron chi connectivity index (χ1n) is 7.94. The van der Waals surface area contributed by atoms with Gasteiger partial charge in [-0.25, -0.2) is 4.79 Å². The number of hydrogen-bond acceptors (Lipinski definition) is 3. The molecule has 0 aromatic heterocycles. The summed E-state index contributed by atoms with van der Waals surface area (Å²) in [5.41, 5.74) is 2.12. The topological polar surface area (TPSA) is 83.5 Å². The summed E-state index contributed by atoms with van der Waals surface area (Å²) in [5, 5.41) is 11.5. The summed E-state index contributed by atoms with van der Waals surface area (Å²) < 4.78 is 0. The number of carbonyl (C=O) groups excluding carboxylic acids is 2. The molecule has 0 aliphatic rings. The highest BCUT2D eigenvalue weighted by molar-refractivity contribution is 6.42. The average molecular weight is 339 g/mol. The van der Waals surface area contributed by atoms with Gasteiger partial charge in [-0.1, -0.05) is 57.2 Å². The van der Waals surface area contributed by atoms with Crippen molar-refractivity contribution in [2.45, 2.75) is 32.7 Å². The number of carboxylic acid groups (broad SMARTS) is 1. The zero-order valence-corrected chi connectivity index (χ0v) is 14.5. The van der Waals surface area contributed by atoms with Gasteiger partial charge in [0, 0.05) is 12.1 Å². The van der Waals surface area contributed by atoms with Crippen LogP contribution in [-0.4, -0.2) is 22.8 Å². The van der Waals surface area contributed by atoms with Crippen molar-refractivity contribution in [3.63, 3.8) is 0 Å². The number of aromatic carboxylic acids is 1. The third kappa shape index (κ3) is 4.76. The Kier molecular flexibility index (Phi) is 5.37. The Balaban J connectivity index is 2.02. The molecule has 0 saturated carbocycles. The number of ketones is 1. The van der Waals surface area contributed by atoms with Crippen LogP contribution in [0.5, 0.6) is 0 Å². The Morgan fingerprint density at radius 2 is 1.60 bits per heavy atom. The van der Waals surface area contributed by atoms with Gasteiger partial charge >= 0.3 is 5.97 Å². The highest BCUT2D eigenvalue weighted by Crippen LogP contribution is 2.22. The zero-order chi connectivity index (χ0) is 18.6. The predicted molar refractivity (Wildman–Crippen MR) is 94.7 cm³/mol. The molecule has 5 heteroatoms. The van der Waals surface area contributed by atoms with E-state index in [1.807, 2.05) is 12.1 Å². The summed E-state index contributed by atoms with van der Waals surface area (Å²) >= 11 is 0. The van der Waals surface area contributed by atoms with Gasteiger partial charge in [-0.3, -0.25) is 9.59 Å². The summed E-state index contributed by atoms with van der Waals surface area (Å²) in [6.45, 7) is 6.30. The van der Waals surface area contributed by atoms with Crippen molar-refractivity contribution in [1.29, 1.82) is 0 Å². The number of nitrogens with one attached hydrogen (secondary N) is 1. The predicted octanol–water partition coefficient (Wildman–Crippen LogP) is 3.18. The second-order valence-electron chi connectivity index (χ2n) is 6.84. The lowest BCUT2D eigenvalue weighted by molar-refractivity contribution is -0.117. The molecule has 2 aromatic carbocycles. The van der Waals surface area contributed by atoms with Crippen LogP contribution in [0.4, 0.5) is 0 Å². The van der Waals surface area contributed by atoms with E-state index < -0.39 is 17.7 Å². The molecular formula is C20H21NO4. The number of amides is 1. The van der Waals surface area contributed by atoms with E-state index >= 15 is 0 Å². The minimum Gasteiger partial charge on any atom is -0.478 e. The smallest absolute Gasteiger partial charge is 0.335 e. The van der Waals surface area contributed by atoms with Crippen LogP contribution in [0.3, 0.4) is 0 Å². The second kappa shape index (κ2) is 7.30. The normalized spacial score (nSPS) is 11.0. The summed E-state index contributed by atoms with van der Waals surface area (Å²) in [5.74, 6) is -2.37. The summed E-state index contributed by atoms with van der Waals surface area (Å²) in [6, 6.07) is 13.2. The molecule has 0 heterocycles. The van der Waals surface area contributed by atoms with Crippen molar-refractivity contribution in [3.05, 3.63) is 70.8 Å². The van der Waals surface area contributed by atoms with Gasteiger partial charge in [-0.05, 0) is 28.7 Å². The largest absolute Gasteiger partial charge is 0.478 e. The summed E-state index contributed by atoms with van der Waals surface area (Å²) in [4.78, 5) is 35.2. The fourth-order valence-corrected chi connectivity index (χ4v) is 2.33. The van der Waals surface area contributed by atoms with E-state index in [0.717, 1.165) is 5.56 Å². The number of carboxylic acids is 1. The van der Waals surface area contributed by atoms with Gasteiger partial charge in [0.1, 0.15) is 0 Å². The first-order valence-corrected chi connectivity index (χ1v) is 7.94. The molecule has 5 nitrogen and oxygen atoms in total. The van der Waals surface area contributed by atoms with Crippen LogP contribution < -0.4 is 5.32 Å². The molecule has 130 valence electrons. The van der Waals surface area contributed by atoms with Crippen molar-refractivity contribution in [3.8, 4) is 0 Å². The fourth-order valence-electron chi connectivity index (χ4n) is 2.33. The molecule has 0 atom stereocenters. The molecule has 0 fully saturated rings. The van der Waals surface area contributed by atoms with E-state index in [1.165, 1.54) is 12.1 Å². The van der Waals surface area contributed by atoms with Crippen LogP contribution in [0.25, 0.3) is 0 Å². The zero-order valence-electron chi connectivity index (χ0n) is 14.5. The molecule has 2 aromatic rings. The fraction of sp³-hybridized carbons (Fsp3) is 0.250. The minimum atomic E-state index is -1.04. The van der Waals surface area contributed by atoms with Gasteiger partial charge in [0.25, 0.3) is 5.91 Å². The van der Waals surface area contributed by atoms with Crippen molar-refractivity contribution in [2.75, 3.05) is 0 Å². The second-order valence-corrected chi connectivity index (χ2v) is 6.84. The highest BCUT2D eigenvalue weighted by Gasteiger charge is 2.18. The minimum absolute atomic E-state index is 0.0288. The Morgan fingerprint density at radius 3 is 2.16 bits per heavy atom. The molecule has 2 rings (SSSR count). The van der Waals surface area contributed by atoms with E-state index in [4.69, 9.17) is 5.11 Å². The lowest BCUT2D eigenvalue weighted by Gasteiger charge is -2.18. The van der Waals surface area contributed by atoms with Crippen LogP contribution in [0.2, 0.25) is 0 Å². The van der Waals surface area contributed by atoms with Crippen molar-refractivity contribution < 1.29 is 19.5 Å². The molecule has 1 amide bonds. The van der Waals surface area contributed by atoms with Gasteiger partial charge in [0.2, 0.25) is 5.78 Å². The Morgan fingerprint density at radius 1 is 0.960 bits per heavy atom. The van der Waals surface area contributed by atoms with E-state index in [2.05, 4.69) is 26.1 Å². The number of benzene rings is 2. The highest BCUT2D eigenvalue weighted by atomic mass is 16.4. The molecule has 25 heavy (non-hydrogen) atoms. The maximum absolute atomic E-state index is 12.2. The molecule has 0 aliphatic carbocycles. The standard InChI is InChI=1S/C20H21NO4/c1-20(2,3)16-9-7-14(8-10-16)17(22)18(23)21-12-13-5-4-6-15(11-13)19(24)25/h4-11H,12H2,1-3H3,(H,21,23)(H,24,25).